The number of aryl methyl sites for hydroxylation is 1. The van der Waals surface area contributed by atoms with Crippen LogP contribution in [0.25, 0.3) is 0 Å². The van der Waals surface area contributed by atoms with E-state index in [0.717, 1.165) is 23.2 Å². The van der Waals surface area contributed by atoms with E-state index in [-0.39, 0.29) is 0 Å². The molecule has 1 aliphatic heterocycles. The molecule has 1 unspecified atom stereocenters. The molecule has 1 N–H and O–H groups in total. The predicted molar refractivity (Wildman–Crippen MR) is 60.9 cm³/mol. The number of hydrogen-bond donors (Lipinski definition) is 1. The lowest BCUT2D eigenvalue weighted by Crippen LogP contribution is -2.37. The third-order valence-corrected chi connectivity index (χ3v) is 3.15. The fourth-order valence-corrected chi connectivity index (χ4v) is 2.37. The Hall–Kier alpha value is -0.540. The molecule has 1 atom stereocenters. The summed E-state index contributed by atoms with van der Waals surface area (Å²) in [5, 5.41) is 3.25. The second-order valence-electron chi connectivity index (χ2n) is 3.70. The summed E-state index contributed by atoms with van der Waals surface area (Å²) in [7, 11) is 1.98. The van der Waals surface area contributed by atoms with Gasteiger partial charge >= 0.3 is 0 Å². The molecule has 1 aliphatic rings. The summed E-state index contributed by atoms with van der Waals surface area (Å²) in [5.74, 6) is 1.03. The van der Waals surface area contributed by atoms with E-state index < -0.39 is 0 Å². The van der Waals surface area contributed by atoms with Gasteiger partial charge < -0.3 is 10.1 Å². The van der Waals surface area contributed by atoms with Gasteiger partial charge in [-0.25, -0.2) is 0 Å². The fraction of sp³-hybridized carbons (Fsp3) is 0.455. The highest BCUT2D eigenvalue weighted by atomic mass is 79.9. The van der Waals surface area contributed by atoms with E-state index in [1.54, 1.807) is 0 Å². The maximum absolute atomic E-state index is 5.70. The summed E-state index contributed by atoms with van der Waals surface area (Å²) in [5.41, 5.74) is 2.63. The lowest BCUT2D eigenvalue weighted by molar-refractivity contribution is 0.245. The van der Waals surface area contributed by atoms with Crippen molar-refractivity contribution in [1.82, 2.24) is 5.32 Å². The topological polar surface area (TPSA) is 21.3 Å². The molecule has 0 saturated heterocycles. The molecule has 14 heavy (non-hydrogen) atoms. The maximum atomic E-state index is 5.70. The minimum absolute atomic E-state index is 0.447. The molecular formula is C11H14BrNO. The monoisotopic (exact) mass is 255 g/mol. The van der Waals surface area contributed by atoms with Gasteiger partial charge in [0.05, 0.1) is 0 Å². The maximum Gasteiger partial charge on any atom is 0.124 e. The van der Waals surface area contributed by atoms with E-state index in [0.29, 0.717) is 6.04 Å². The highest BCUT2D eigenvalue weighted by Gasteiger charge is 2.20. The Labute approximate surface area is 92.8 Å². The van der Waals surface area contributed by atoms with Crippen LogP contribution in [0.3, 0.4) is 0 Å². The Morgan fingerprint density at radius 2 is 2.29 bits per heavy atom. The van der Waals surface area contributed by atoms with Crippen LogP contribution in [-0.4, -0.2) is 19.7 Å². The smallest absolute Gasteiger partial charge is 0.124 e. The Morgan fingerprint density at radius 3 is 3.00 bits per heavy atom. The van der Waals surface area contributed by atoms with Crippen molar-refractivity contribution in [2.75, 3.05) is 13.7 Å². The Kier molecular flexibility index (Phi) is 2.79. The number of fused-ring (bicyclic) bond motifs is 1. The first-order valence-electron chi connectivity index (χ1n) is 4.80. The average molecular weight is 256 g/mol. The Balaban J connectivity index is 2.37. The van der Waals surface area contributed by atoms with Crippen molar-refractivity contribution in [3.05, 3.63) is 27.7 Å². The van der Waals surface area contributed by atoms with Crippen LogP contribution in [0.1, 0.15) is 11.1 Å². The van der Waals surface area contributed by atoms with Crippen LogP contribution in [0, 0.1) is 6.92 Å². The minimum atomic E-state index is 0.447. The van der Waals surface area contributed by atoms with Gasteiger partial charge in [0.15, 0.2) is 0 Å². The molecule has 1 aromatic carbocycles. The first-order valence-corrected chi connectivity index (χ1v) is 5.59. The standard InChI is InChI=1S/C11H14BrNO/c1-7-3-8(12)4-11-10(7)5-9(13-2)6-14-11/h3-4,9,13H,5-6H2,1-2H3. The normalized spacial score (nSPS) is 20.1. The third kappa shape index (κ3) is 1.79. The average Bonchev–Trinajstić information content (AvgIpc) is 2.17. The quantitative estimate of drug-likeness (QED) is 0.832. The van der Waals surface area contributed by atoms with Crippen molar-refractivity contribution >= 4 is 15.9 Å². The van der Waals surface area contributed by atoms with Gasteiger partial charge in [0.2, 0.25) is 0 Å². The predicted octanol–water partition coefficient (Wildman–Crippen LogP) is 2.28. The number of rotatable bonds is 1. The molecular weight excluding hydrogens is 242 g/mol. The number of nitrogens with one attached hydrogen (secondary N) is 1. The molecule has 0 amide bonds. The number of hydrogen-bond acceptors (Lipinski definition) is 2. The molecule has 1 aromatic rings. The summed E-state index contributed by atoms with van der Waals surface area (Å²) in [4.78, 5) is 0. The van der Waals surface area contributed by atoms with Gasteiger partial charge in [0, 0.05) is 10.5 Å². The van der Waals surface area contributed by atoms with Gasteiger partial charge in [-0.2, -0.15) is 0 Å². The zero-order valence-electron chi connectivity index (χ0n) is 8.43. The van der Waals surface area contributed by atoms with Crippen LogP contribution in [0.4, 0.5) is 0 Å². The van der Waals surface area contributed by atoms with Crippen LogP contribution in [0.2, 0.25) is 0 Å². The number of benzene rings is 1. The molecule has 0 spiro atoms. The third-order valence-electron chi connectivity index (χ3n) is 2.70. The van der Waals surface area contributed by atoms with Gasteiger partial charge in [-0.15, -0.1) is 0 Å². The molecule has 0 bridgehead atoms. The van der Waals surface area contributed by atoms with E-state index in [2.05, 4.69) is 34.2 Å². The van der Waals surface area contributed by atoms with Crippen molar-refractivity contribution < 1.29 is 4.74 Å². The zero-order chi connectivity index (χ0) is 10.1. The number of ether oxygens (including phenoxy) is 1. The van der Waals surface area contributed by atoms with Crippen LogP contribution in [0.5, 0.6) is 5.75 Å². The summed E-state index contributed by atoms with van der Waals surface area (Å²) in [6.07, 6.45) is 1.06. The SMILES string of the molecule is CNC1COc2cc(Br)cc(C)c2C1. The minimum Gasteiger partial charge on any atom is -0.492 e. The lowest BCUT2D eigenvalue weighted by atomic mass is 9.98. The molecule has 76 valence electrons. The van der Waals surface area contributed by atoms with Crippen molar-refractivity contribution in [3.63, 3.8) is 0 Å². The molecule has 0 radical (unpaired) electrons. The van der Waals surface area contributed by atoms with E-state index in [1.165, 1.54) is 11.1 Å². The first kappa shape index (κ1) is 9.99. The molecule has 0 fully saturated rings. The summed E-state index contributed by atoms with van der Waals surface area (Å²) in [6, 6.07) is 4.64. The molecule has 0 aromatic heterocycles. The zero-order valence-corrected chi connectivity index (χ0v) is 10.0. The van der Waals surface area contributed by atoms with Gasteiger partial charge in [-0.3, -0.25) is 0 Å². The van der Waals surface area contributed by atoms with E-state index >= 15 is 0 Å². The van der Waals surface area contributed by atoms with E-state index in [1.807, 2.05) is 13.1 Å². The first-order chi connectivity index (χ1) is 6.70. The van der Waals surface area contributed by atoms with Crippen molar-refractivity contribution in [2.24, 2.45) is 0 Å². The van der Waals surface area contributed by atoms with E-state index in [4.69, 9.17) is 4.74 Å². The molecule has 3 heteroatoms. The van der Waals surface area contributed by atoms with Gasteiger partial charge in [0.25, 0.3) is 0 Å². The molecule has 2 rings (SSSR count). The van der Waals surface area contributed by atoms with Crippen molar-refractivity contribution in [3.8, 4) is 5.75 Å². The molecule has 2 nitrogen and oxygen atoms in total. The highest BCUT2D eigenvalue weighted by molar-refractivity contribution is 9.10. The second-order valence-corrected chi connectivity index (χ2v) is 4.62. The lowest BCUT2D eigenvalue weighted by Gasteiger charge is -2.26. The highest BCUT2D eigenvalue weighted by Crippen LogP contribution is 2.31. The number of halogens is 1. The molecule has 1 heterocycles. The van der Waals surface area contributed by atoms with Crippen molar-refractivity contribution in [2.45, 2.75) is 19.4 Å². The van der Waals surface area contributed by atoms with Gasteiger partial charge in [-0.1, -0.05) is 15.9 Å². The van der Waals surface area contributed by atoms with Crippen LogP contribution in [-0.2, 0) is 6.42 Å². The summed E-state index contributed by atoms with van der Waals surface area (Å²) in [6.45, 7) is 2.89. The van der Waals surface area contributed by atoms with Crippen LogP contribution < -0.4 is 10.1 Å². The summed E-state index contributed by atoms with van der Waals surface area (Å²) < 4.78 is 6.79. The molecule has 0 saturated carbocycles. The largest absolute Gasteiger partial charge is 0.492 e. The second kappa shape index (κ2) is 3.91. The van der Waals surface area contributed by atoms with E-state index in [9.17, 15) is 0 Å². The molecule has 0 aliphatic carbocycles. The summed E-state index contributed by atoms with van der Waals surface area (Å²) >= 11 is 3.48. The van der Waals surface area contributed by atoms with Crippen molar-refractivity contribution in [1.29, 1.82) is 0 Å². The fourth-order valence-electron chi connectivity index (χ4n) is 1.81. The van der Waals surface area contributed by atoms with Crippen LogP contribution in [0.15, 0.2) is 16.6 Å². The van der Waals surface area contributed by atoms with Gasteiger partial charge in [-0.05, 0) is 43.7 Å². The Morgan fingerprint density at radius 1 is 1.50 bits per heavy atom. The van der Waals surface area contributed by atoms with Crippen LogP contribution >= 0.6 is 15.9 Å². The van der Waals surface area contributed by atoms with Gasteiger partial charge in [0.1, 0.15) is 12.4 Å². The Bertz CT molecular complexity index is 351. The number of likely N-dealkylation sites (N-methyl/N-ethyl adjacent to an activating group) is 1.